The number of amides is 1. The van der Waals surface area contributed by atoms with Crippen LogP contribution in [0.25, 0.3) is 0 Å². The topological polar surface area (TPSA) is 74.2 Å². The highest BCUT2D eigenvalue weighted by Gasteiger charge is 2.36. The lowest BCUT2D eigenvalue weighted by Gasteiger charge is -2.23. The summed E-state index contributed by atoms with van der Waals surface area (Å²) in [4.78, 5) is 32.4. The summed E-state index contributed by atoms with van der Waals surface area (Å²) < 4.78 is 4.93. The number of ether oxygens (including phenoxy) is 1. The predicted octanol–water partition coefficient (Wildman–Crippen LogP) is 2.24. The van der Waals surface area contributed by atoms with Crippen LogP contribution in [0.2, 0.25) is 0 Å². The van der Waals surface area contributed by atoms with Gasteiger partial charge in [0.1, 0.15) is 0 Å². The van der Waals surface area contributed by atoms with E-state index in [0.29, 0.717) is 26.1 Å². The highest BCUT2D eigenvalue weighted by molar-refractivity contribution is 14.0. The second-order valence-electron chi connectivity index (χ2n) is 7.60. The Morgan fingerprint density at radius 3 is 2.62 bits per heavy atom. The van der Waals surface area contributed by atoms with Gasteiger partial charge in [0.05, 0.1) is 13.0 Å². The second kappa shape index (κ2) is 10.8. The molecular weight excluding hydrogens is 483 g/mol. The number of carbonyl (C=O) groups excluding carboxylic acids is 2. The van der Waals surface area contributed by atoms with Crippen LogP contribution < -0.4 is 5.32 Å². The zero-order valence-electron chi connectivity index (χ0n) is 17.4. The molecule has 2 heterocycles. The van der Waals surface area contributed by atoms with Gasteiger partial charge in [-0.15, -0.1) is 24.0 Å². The lowest BCUT2D eigenvalue weighted by molar-refractivity contribution is -0.146. The Morgan fingerprint density at radius 1 is 1.28 bits per heavy atom. The largest absolute Gasteiger partial charge is 0.469 e. The van der Waals surface area contributed by atoms with E-state index in [0.717, 1.165) is 36.6 Å². The van der Waals surface area contributed by atoms with Crippen LogP contribution >= 0.6 is 24.0 Å². The normalized spacial score (nSPS) is 21.9. The van der Waals surface area contributed by atoms with E-state index in [1.54, 1.807) is 7.05 Å². The van der Waals surface area contributed by atoms with E-state index < -0.39 is 0 Å². The summed E-state index contributed by atoms with van der Waals surface area (Å²) in [5.74, 6) is 0.950. The number of likely N-dealkylation sites (tertiary alicyclic amines) is 2. The Bertz CT molecular complexity index is 755. The van der Waals surface area contributed by atoms with E-state index in [9.17, 15) is 9.59 Å². The van der Waals surface area contributed by atoms with Crippen LogP contribution in [0.15, 0.2) is 29.3 Å². The lowest BCUT2D eigenvalue weighted by atomic mass is 9.99. The van der Waals surface area contributed by atoms with Gasteiger partial charge in [-0.1, -0.05) is 31.2 Å². The minimum Gasteiger partial charge on any atom is -0.469 e. The van der Waals surface area contributed by atoms with E-state index in [2.05, 4.69) is 34.3 Å². The maximum Gasteiger partial charge on any atom is 0.310 e. The molecule has 2 fully saturated rings. The Balaban J connectivity index is 0.00000300. The van der Waals surface area contributed by atoms with E-state index in [1.165, 1.54) is 7.11 Å². The minimum absolute atomic E-state index is 0. The molecule has 0 saturated carbocycles. The van der Waals surface area contributed by atoms with Crippen LogP contribution in [0.5, 0.6) is 0 Å². The number of methoxy groups -OCH3 is 1. The zero-order valence-corrected chi connectivity index (χ0v) is 19.7. The van der Waals surface area contributed by atoms with Crippen molar-refractivity contribution in [1.82, 2.24) is 15.1 Å². The molecule has 0 aliphatic carbocycles. The number of nitrogens with zero attached hydrogens (tertiary/aromatic N) is 3. The molecule has 1 N–H and O–H groups in total. The number of rotatable bonds is 5. The van der Waals surface area contributed by atoms with Gasteiger partial charge in [0.25, 0.3) is 0 Å². The van der Waals surface area contributed by atoms with Gasteiger partial charge in [0.15, 0.2) is 5.96 Å². The van der Waals surface area contributed by atoms with Crippen molar-refractivity contribution in [3.05, 3.63) is 35.4 Å². The van der Waals surface area contributed by atoms with Crippen LogP contribution in [0.3, 0.4) is 0 Å². The molecule has 1 aromatic carbocycles. The van der Waals surface area contributed by atoms with E-state index in [4.69, 9.17) is 4.74 Å². The van der Waals surface area contributed by atoms with Gasteiger partial charge < -0.3 is 19.9 Å². The standard InChI is InChI=1S/C21H30N4O3.HI/c1-15-12-25(14-18(15)20(27)28-3)21(22-2)23-11-16-7-4-5-8-17(16)13-24-10-6-9-19(24)26;/h4-5,7-8,15,18H,6,9-14H2,1-3H3,(H,22,23);1H. The first-order valence-electron chi connectivity index (χ1n) is 9.91. The number of nitrogens with one attached hydrogen (secondary N) is 1. The summed E-state index contributed by atoms with van der Waals surface area (Å²) in [5.41, 5.74) is 2.31. The first-order chi connectivity index (χ1) is 13.5. The van der Waals surface area contributed by atoms with Crippen LogP contribution in [-0.4, -0.2) is 61.4 Å². The van der Waals surface area contributed by atoms with E-state index in [1.807, 2.05) is 17.0 Å². The summed E-state index contributed by atoms with van der Waals surface area (Å²) in [5, 5.41) is 3.42. The number of aliphatic imine (C=N–C) groups is 1. The van der Waals surface area contributed by atoms with Crippen molar-refractivity contribution < 1.29 is 14.3 Å². The predicted molar refractivity (Wildman–Crippen MR) is 123 cm³/mol. The van der Waals surface area contributed by atoms with Gasteiger partial charge >= 0.3 is 5.97 Å². The fourth-order valence-electron chi connectivity index (χ4n) is 4.07. The summed E-state index contributed by atoms with van der Waals surface area (Å²) in [6.07, 6.45) is 1.60. The number of hydrogen-bond donors (Lipinski definition) is 1. The highest BCUT2D eigenvalue weighted by Crippen LogP contribution is 2.24. The maximum absolute atomic E-state index is 12.0. The average molecular weight is 514 g/mol. The van der Waals surface area contributed by atoms with Gasteiger partial charge in [0.2, 0.25) is 5.91 Å². The Hall–Kier alpha value is -1.84. The van der Waals surface area contributed by atoms with Crippen LogP contribution in [0.1, 0.15) is 30.9 Å². The Morgan fingerprint density at radius 2 is 2.00 bits per heavy atom. The molecule has 3 rings (SSSR count). The summed E-state index contributed by atoms with van der Waals surface area (Å²) in [6.45, 7) is 5.56. The van der Waals surface area contributed by atoms with Gasteiger partial charge in [-0.25, -0.2) is 0 Å². The number of hydrogen-bond acceptors (Lipinski definition) is 4. The average Bonchev–Trinajstić information content (AvgIpc) is 3.28. The third-order valence-corrected chi connectivity index (χ3v) is 5.72. The monoisotopic (exact) mass is 514 g/mol. The quantitative estimate of drug-likeness (QED) is 0.283. The molecule has 29 heavy (non-hydrogen) atoms. The van der Waals surface area contributed by atoms with Gasteiger partial charge in [-0.2, -0.15) is 0 Å². The molecule has 0 spiro atoms. The van der Waals surface area contributed by atoms with Crippen molar-refractivity contribution in [2.24, 2.45) is 16.8 Å². The molecular formula is C21H31IN4O3. The third kappa shape index (κ3) is 5.61. The smallest absolute Gasteiger partial charge is 0.310 e. The molecule has 1 aromatic rings. The number of esters is 1. The Labute approximate surface area is 189 Å². The molecule has 7 nitrogen and oxygen atoms in total. The summed E-state index contributed by atoms with van der Waals surface area (Å²) >= 11 is 0. The number of benzene rings is 1. The first-order valence-corrected chi connectivity index (χ1v) is 9.91. The molecule has 0 aromatic heterocycles. The van der Waals surface area contributed by atoms with Gasteiger partial charge in [-0.3, -0.25) is 14.6 Å². The lowest BCUT2D eigenvalue weighted by Crippen LogP contribution is -2.40. The third-order valence-electron chi connectivity index (χ3n) is 5.72. The van der Waals surface area contributed by atoms with Crippen LogP contribution in [-0.2, 0) is 27.4 Å². The van der Waals surface area contributed by atoms with Crippen molar-refractivity contribution in [3.63, 3.8) is 0 Å². The Kier molecular flexibility index (Phi) is 8.73. The fourth-order valence-corrected chi connectivity index (χ4v) is 4.07. The van der Waals surface area contributed by atoms with Crippen molar-refractivity contribution in [3.8, 4) is 0 Å². The van der Waals surface area contributed by atoms with E-state index in [-0.39, 0.29) is 47.7 Å². The maximum atomic E-state index is 12.0. The second-order valence-corrected chi connectivity index (χ2v) is 7.60. The molecule has 2 aliphatic rings. The van der Waals surface area contributed by atoms with E-state index >= 15 is 0 Å². The molecule has 2 aliphatic heterocycles. The number of halogens is 1. The minimum atomic E-state index is -0.161. The fraction of sp³-hybridized carbons (Fsp3) is 0.571. The van der Waals surface area contributed by atoms with Gasteiger partial charge in [-0.05, 0) is 23.5 Å². The zero-order chi connectivity index (χ0) is 20.1. The van der Waals surface area contributed by atoms with Crippen molar-refractivity contribution in [1.29, 1.82) is 0 Å². The van der Waals surface area contributed by atoms with Crippen LogP contribution in [0.4, 0.5) is 0 Å². The summed E-state index contributed by atoms with van der Waals surface area (Å²) in [6, 6.07) is 8.19. The number of guanidine groups is 1. The van der Waals surface area contributed by atoms with Crippen molar-refractivity contribution in [2.75, 3.05) is 33.8 Å². The van der Waals surface area contributed by atoms with Crippen molar-refractivity contribution >= 4 is 41.8 Å². The van der Waals surface area contributed by atoms with Gasteiger partial charge in [0, 0.05) is 46.2 Å². The molecule has 2 saturated heterocycles. The molecule has 160 valence electrons. The highest BCUT2D eigenvalue weighted by atomic mass is 127. The van der Waals surface area contributed by atoms with Crippen LogP contribution in [0, 0.1) is 11.8 Å². The van der Waals surface area contributed by atoms with Crippen molar-refractivity contribution in [2.45, 2.75) is 32.9 Å². The molecule has 8 heteroatoms. The molecule has 2 atom stereocenters. The molecule has 1 amide bonds. The summed E-state index contributed by atoms with van der Waals surface area (Å²) in [7, 11) is 3.19. The first kappa shape index (κ1) is 23.4. The number of carbonyl (C=O) groups is 2. The molecule has 2 unspecified atom stereocenters. The molecule has 0 bridgehead atoms. The SMILES string of the molecule is CN=C(NCc1ccccc1CN1CCCC1=O)N1CC(C)C(C(=O)OC)C1.I. The molecule has 0 radical (unpaired) electrons.